The van der Waals surface area contributed by atoms with Gasteiger partial charge in [-0.3, -0.25) is 0 Å². The first kappa shape index (κ1) is 16.6. The third-order valence-electron chi connectivity index (χ3n) is 3.67. The standard InChI is InChI=1S/C15H27N3O2/c1-11-7-8-13(20-11)12(2)17-10-6-5-9-15(3,4)14(16)18-19/h7-8,12,17,19H,5-6,9-10H2,1-4H3,(H2,16,18). The lowest BCUT2D eigenvalue weighted by atomic mass is 9.86. The van der Waals surface area contributed by atoms with Gasteiger partial charge in [0, 0.05) is 5.41 Å². The summed E-state index contributed by atoms with van der Waals surface area (Å²) in [5, 5.41) is 15.2. The summed E-state index contributed by atoms with van der Waals surface area (Å²) < 4.78 is 5.58. The summed E-state index contributed by atoms with van der Waals surface area (Å²) in [7, 11) is 0. The molecule has 0 spiro atoms. The van der Waals surface area contributed by atoms with Crippen LogP contribution >= 0.6 is 0 Å². The van der Waals surface area contributed by atoms with Gasteiger partial charge in [0.2, 0.25) is 0 Å². The van der Waals surface area contributed by atoms with Crippen LogP contribution in [0.1, 0.15) is 57.6 Å². The van der Waals surface area contributed by atoms with Crippen LogP contribution in [0.25, 0.3) is 0 Å². The Morgan fingerprint density at radius 2 is 2.15 bits per heavy atom. The molecule has 114 valence electrons. The number of nitrogens with two attached hydrogens (primary N) is 1. The molecule has 0 radical (unpaired) electrons. The fourth-order valence-corrected chi connectivity index (χ4v) is 2.06. The molecule has 5 nitrogen and oxygen atoms in total. The number of hydrogen-bond donors (Lipinski definition) is 3. The average molecular weight is 281 g/mol. The summed E-state index contributed by atoms with van der Waals surface area (Å²) in [6.07, 6.45) is 2.98. The Balaban J connectivity index is 2.22. The molecular weight excluding hydrogens is 254 g/mol. The smallest absolute Gasteiger partial charge is 0.144 e. The van der Waals surface area contributed by atoms with Gasteiger partial charge in [-0.2, -0.15) is 0 Å². The van der Waals surface area contributed by atoms with Crippen LogP contribution < -0.4 is 11.1 Å². The molecule has 20 heavy (non-hydrogen) atoms. The highest BCUT2D eigenvalue weighted by atomic mass is 16.4. The molecule has 0 bridgehead atoms. The van der Waals surface area contributed by atoms with Gasteiger partial charge in [0.25, 0.3) is 0 Å². The van der Waals surface area contributed by atoms with Crippen LogP contribution in [-0.2, 0) is 0 Å². The molecule has 1 rings (SSSR count). The second-order valence-electron chi connectivity index (χ2n) is 5.95. The quantitative estimate of drug-likeness (QED) is 0.225. The van der Waals surface area contributed by atoms with Crippen molar-refractivity contribution in [2.75, 3.05) is 6.54 Å². The summed E-state index contributed by atoms with van der Waals surface area (Å²) in [6.45, 7) is 8.95. The van der Waals surface area contributed by atoms with Gasteiger partial charge >= 0.3 is 0 Å². The molecule has 1 unspecified atom stereocenters. The van der Waals surface area contributed by atoms with Crippen molar-refractivity contribution in [3.8, 4) is 0 Å². The molecule has 1 aromatic rings. The Hall–Kier alpha value is -1.49. The Morgan fingerprint density at radius 1 is 1.45 bits per heavy atom. The Labute approximate surface area is 121 Å². The van der Waals surface area contributed by atoms with E-state index in [-0.39, 0.29) is 11.5 Å². The number of furan rings is 1. The maximum atomic E-state index is 8.71. The molecule has 0 aliphatic carbocycles. The number of amidine groups is 1. The minimum absolute atomic E-state index is 0.223. The summed E-state index contributed by atoms with van der Waals surface area (Å²) in [5.41, 5.74) is 5.41. The first-order valence-corrected chi connectivity index (χ1v) is 7.14. The number of unbranched alkanes of at least 4 members (excludes halogenated alkanes) is 1. The van der Waals surface area contributed by atoms with Crippen LogP contribution in [0.5, 0.6) is 0 Å². The van der Waals surface area contributed by atoms with E-state index in [0.29, 0.717) is 5.84 Å². The molecule has 4 N–H and O–H groups in total. The van der Waals surface area contributed by atoms with Crippen molar-refractivity contribution >= 4 is 5.84 Å². The molecule has 0 amide bonds. The Morgan fingerprint density at radius 3 is 2.70 bits per heavy atom. The fourth-order valence-electron chi connectivity index (χ4n) is 2.06. The summed E-state index contributed by atoms with van der Waals surface area (Å²) in [6, 6.07) is 4.21. The first-order valence-electron chi connectivity index (χ1n) is 7.14. The first-order chi connectivity index (χ1) is 9.36. The minimum Gasteiger partial charge on any atom is -0.465 e. The molecule has 0 aliphatic heterocycles. The summed E-state index contributed by atoms with van der Waals surface area (Å²) in [5.74, 6) is 2.21. The number of hydrogen-bond acceptors (Lipinski definition) is 4. The van der Waals surface area contributed by atoms with Crippen LogP contribution in [0.4, 0.5) is 0 Å². The zero-order valence-corrected chi connectivity index (χ0v) is 12.9. The molecule has 1 aromatic heterocycles. The van der Waals surface area contributed by atoms with Crippen LogP contribution in [0, 0.1) is 12.3 Å². The van der Waals surface area contributed by atoms with Crippen molar-refractivity contribution in [3.63, 3.8) is 0 Å². The van der Waals surface area contributed by atoms with Gasteiger partial charge in [-0.15, -0.1) is 0 Å². The maximum Gasteiger partial charge on any atom is 0.144 e. The summed E-state index contributed by atoms with van der Waals surface area (Å²) in [4.78, 5) is 0. The van der Waals surface area contributed by atoms with E-state index in [2.05, 4.69) is 17.4 Å². The lowest BCUT2D eigenvalue weighted by Gasteiger charge is -2.22. The highest BCUT2D eigenvalue weighted by Gasteiger charge is 2.22. The minimum atomic E-state index is -0.251. The van der Waals surface area contributed by atoms with Crippen molar-refractivity contribution in [2.45, 2.75) is 53.0 Å². The van der Waals surface area contributed by atoms with Gasteiger partial charge in [0.15, 0.2) is 0 Å². The number of nitrogens with zero attached hydrogens (tertiary/aromatic N) is 1. The monoisotopic (exact) mass is 281 g/mol. The van der Waals surface area contributed by atoms with Gasteiger partial charge in [-0.1, -0.05) is 25.4 Å². The van der Waals surface area contributed by atoms with E-state index in [0.717, 1.165) is 37.3 Å². The third-order valence-corrected chi connectivity index (χ3v) is 3.67. The second-order valence-corrected chi connectivity index (χ2v) is 5.95. The van der Waals surface area contributed by atoms with E-state index in [9.17, 15) is 0 Å². The average Bonchev–Trinajstić information content (AvgIpc) is 2.83. The highest BCUT2D eigenvalue weighted by Crippen LogP contribution is 2.23. The van der Waals surface area contributed by atoms with E-state index >= 15 is 0 Å². The molecule has 5 heteroatoms. The fraction of sp³-hybridized carbons (Fsp3) is 0.667. The number of aryl methyl sites for hydroxylation is 1. The van der Waals surface area contributed by atoms with Crippen molar-refractivity contribution in [1.29, 1.82) is 0 Å². The molecule has 0 saturated heterocycles. The zero-order valence-electron chi connectivity index (χ0n) is 12.9. The zero-order chi connectivity index (χ0) is 15.2. The van der Waals surface area contributed by atoms with Crippen molar-refractivity contribution in [2.24, 2.45) is 16.3 Å². The largest absolute Gasteiger partial charge is 0.465 e. The van der Waals surface area contributed by atoms with Crippen LogP contribution in [0.3, 0.4) is 0 Å². The van der Waals surface area contributed by atoms with E-state index in [4.69, 9.17) is 15.4 Å². The van der Waals surface area contributed by atoms with Crippen LogP contribution in [0.2, 0.25) is 0 Å². The summed E-state index contributed by atoms with van der Waals surface area (Å²) >= 11 is 0. The van der Waals surface area contributed by atoms with Gasteiger partial charge in [-0.05, 0) is 45.4 Å². The van der Waals surface area contributed by atoms with E-state index in [1.54, 1.807) is 0 Å². The van der Waals surface area contributed by atoms with Gasteiger partial charge < -0.3 is 20.7 Å². The molecule has 0 fully saturated rings. The number of oxime groups is 1. The number of rotatable bonds is 8. The van der Waals surface area contributed by atoms with E-state index in [1.165, 1.54) is 0 Å². The predicted octanol–water partition coefficient (Wildman–Crippen LogP) is 3.18. The number of nitrogens with one attached hydrogen (secondary N) is 1. The van der Waals surface area contributed by atoms with E-state index < -0.39 is 0 Å². The lowest BCUT2D eigenvalue weighted by Crippen LogP contribution is -2.32. The maximum absolute atomic E-state index is 8.71. The molecule has 0 saturated carbocycles. The van der Waals surface area contributed by atoms with Gasteiger partial charge in [0.1, 0.15) is 17.4 Å². The van der Waals surface area contributed by atoms with Gasteiger partial charge in [0.05, 0.1) is 6.04 Å². The predicted molar refractivity (Wildman–Crippen MR) is 80.9 cm³/mol. The van der Waals surface area contributed by atoms with E-state index in [1.807, 2.05) is 32.9 Å². The van der Waals surface area contributed by atoms with Crippen molar-refractivity contribution in [1.82, 2.24) is 5.32 Å². The SMILES string of the molecule is Cc1ccc(C(C)NCCCCC(C)(C)/C(N)=N/O)o1. The third kappa shape index (κ3) is 4.89. The molecular formula is C15H27N3O2. The Bertz CT molecular complexity index is 438. The molecule has 0 aliphatic rings. The highest BCUT2D eigenvalue weighted by molar-refractivity contribution is 5.85. The van der Waals surface area contributed by atoms with Crippen LogP contribution in [0.15, 0.2) is 21.7 Å². The van der Waals surface area contributed by atoms with Crippen LogP contribution in [-0.4, -0.2) is 17.6 Å². The molecule has 1 atom stereocenters. The lowest BCUT2D eigenvalue weighted by molar-refractivity contribution is 0.304. The van der Waals surface area contributed by atoms with Crippen molar-refractivity contribution < 1.29 is 9.62 Å². The molecule has 1 heterocycles. The Kier molecular flexibility index (Phi) is 6.07. The van der Waals surface area contributed by atoms with Gasteiger partial charge in [-0.25, -0.2) is 0 Å². The topological polar surface area (TPSA) is 83.8 Å². The normalized spacial score (nSPS) is 14.5. The second kappa shape index (κ2) is 7.33. The molecule has 0 aromatic carbocycles. The van der Waals surface area contributed by atoms with Crippen molar-refractivity contribution in [3.05, 3.63) is 23.7 Å².